The predicted octanol–water partition coefficient (Wildman–Crippen LogP) is 3.42. The number of aryl methyl sites for hydroxylation is 1. The molecule has 0 saturated heterocycles. The van der Waals surface area contributed by atoms with Crippen LogP contribution in [0.15, 0.2) is 18.2 Å². The molecule has 0 atom stereocenters. The van der Waals surface area contributed by atoms with Gasteiger partial charge in [-0.25, -0.2) is 4.39 Å². The van der Waals surface area contributed by atoms with Crippen molar-refractivity contribution >= 4 is 5.97 Å². The van der Waals surface area contributed by atoms with Crippen LogP contribution in [0.25, 0.3) is 0 Å². The smallest absolute Gasteiger partial charge is 0.314 e. The average molecular weight is 236 g/mol. The van der Waals surface area contributed by atoms with Gasteiger partial charge in [0.05, 0.1) is 5.41 Å². The number of carbonyl (C=O) groups is 1. The van der Waals surface area contributed by atoms with Crippen LogP contribution >= 0.6 is 0 Å². The van der Waals surface area contributed by atoms with Gasteiger partial charge < -0.3 is 5.11 Å². The molecule has 0 bridgehead atoms. The van der Waals surface area contributed by atoms with Crippen LogP contribution in [0, 0.1) is 12.7 Å². The first-order valence-corrected chi connectivity index (χ1v) is 6.06. The van der Waals surface area contributed by atoms with Gasteiger partial charge in [-0.1, -0.05) is 25.3 Å². The second kappa shape index (κ2) is 4.47. The van der Waals surface area contributed by atoms with E-state index in [4.69, 9.17) is 0 Å². The lowest BCUT2D eigenvalue weighted by Gasteiger charge is -2.33. The fraction of sp³-hybridized carbons (Fsp3) is 0.500. The lowest BCUT2D eigenvalue weighted by atomic mass is 9.69. The molecule has 1 aromatic carbocycles. The van der Waals surface area contributed by atoms with Crippen LogP contribution in [-0.2, 0) is 10.2 Å². The molecule has 0 aromatic heterocycles. The zero-order valence-corrected chi connectivity index (χ0v) is 10.0. The number of aliphatic carboxylic acids is 1. The molecule has 1 aliphatic rings. The lowest BCUT2D eigenvalue weighted by molar-refractivity contribution is -0.145. The molecule has 3 heteroatoms. The summed E-state index contributed by atoms with van der Waals surface area (Å²) >= 11 is 0. The van der Waals surface area contributed by atoms with Crippen LogP contribution in [0.3, 0.4) is 0 Å². The first-order chi connectivity index (χ1) is 8.04. The van der Waals surface area contributed by atoms with Gasteiger partial charge in [-0.15, -0.1) is 0 Å². The molecule has 92 valence electrons. The highest BCUT2D eigenvalue weighted by Gasteiger charge is 2.41. The van der Waals surface area contributed by atoms with E-state index >= 15 is 0 Å². The van der Waals surface area contributed by atoms with Crippen LogP contribution in [0.1, 0.15) is 43.2 Å². The molecular weight excluding hydrogens is 219 g/mol. The predicted molar refractivity (Wildman–Crippen MR) is 63.5 cm³/mol. The minimum absolute atomic E-state index is 0.341. The number of carboxylic acids is 1. The van der Waals surface area contributed by atoms with Gasteiger partial charge in [0.2, 0.25) is 0 Å². The van der Waals surface area contributed by atoms with Crippen molar-refractivity contribution in [2.75, 3.05) is 0 Å². The molecule has 2 rings (SSSR count). The highest BCUT2D eigenvalue weighted by atomic mass is 19.1. The summed E-state index contributed by atoms with van der Waals surface area (Å²) in [5.41, 5.74) is 0.541. The second-order valence-electron chi connectivity index (χ2n) is 4.97. The first-order valence-electron chi connectivity index (χ1n) is 6.06. The van der Waals surface area contributed by atoms with E-state index in [1.54, 1.807) is 6.92 Å². The van der Waals surface area contributed by atoms with Gasteiger partial charge in [-0.05, 0) is 43.0 Å². The topological polar surface area (TPSA) is 37.3 Å². The van der Waals surface area contributed by atoms with Crippen molar-refractivity contribution < 1.29 is 14.3 Å². The number of halogens is 1. The van der Waals surface area contributed by atoms with Gasteiger partial charge in [-0.3, -0.25) is 4.79 Å². The molecule has 0 radical (unpaired) electrons. The van der Waals surface area contributed by atoms with E-state index in [0.717, 1.165) is 24.8 Å². The van der Waals surface area contributed by atoms with Crippen molar-refractivity contribution in [3.05, 3.63) is 35.1 Å². The quantitative estimate of drug-likeness (QED) is 0.854. The minimum atomic E-state index is -0.870. The molecular formula is C14H17FO2. The van der Waals surface area contributed by atoms with Crippen LogP contribution in [0.4, 0.5) is 4.39 Å². The molecule has 1 fully saturated rings. The third-order valence-corrected chi connectivity index (χ3v) is 3.71. The summed E-state index contributed by atoms with van der Waals surface area (Å²) in [6.45, 7) is 1.80. The standard InChI is InChI=1S/C14H17FO2/c1-10-7-11(9-12(15)8-10)14(13(16)17)5-3-2-4-6-14/h7-9H,2-6H2,1H3,(H,16,17). The Balaban J connectivity index is 2.48. The lowest BCUT2D eigenvalue weighted by Crippen LogP contribution is -2.38. The fourth-order valence-corrected chi connectivity index (χ4v) is 2.79. The maximum absolute atomic E-state index is 13.4. The third-order valence-electron chi connectivity index (χ3n) is 3.71. The summed E-state index contributed by atoms with van der Waals surface area (Å²) < 4.78 is 13.4. The SMILES string of the molecule is Cc1cc(F)cc(C2(C(=O)O)CCCCC2)c1. The Morgan fingerprint density at radius 1 is 1.24 bits per heavy atom. The van der Waals surface area contributed by atoms with Crippen molar-refractivity contribution in [3.8, 4) is 0 Å². The van der Waals surface area contributed by atoms with Gasteiger partial charge in [0, 0.05) is 0 Å². The van der Waals surface area contributed by atoms with Gasteiger partial charge in [-0.2, -0.15) is 0 Å². The molecule has 1 aliphatic carbocycles. The third kappa shape index (κ3) is 2.19. The molecule has 1 saturated carbocycles. The molecule has 0 unspecified atom stereocenters. The monoisotopic (exact) mass is 236 g/mol. The summed E-state index contributed by atoms with van der Waals surface area (Å²) in [5.74, 6) is -1.16. The van der Waals surface area contributed by atoms with Gasteiger partial charge in [0.25, 0.3) is 0 Å². The summed E-state index contributed by atoms with van der Waals surface area (Å²) in [4.78, 5) is 11.6. The normalized spacial score (nSPS) is 18.9. The zero-order valence-electron chi connectivity index (χ0n) is 10.0. The minimum Gasteiger partial charge on any atom is -0.481 e. The van der Waals surface area contributed by atoms with Crippen LogP contribution in [-0.4, -0.2) is 11.1 Å². The number of hydrogen-bond donors (Lipinski definition) is 1. The highest BCUT2D eigenvalue weighted by Crippen LogP contribution is 2.40. The number of carboxylic acid groups (broad SMARTS) is 1. The van der Waals surface area contributed by atoms with E-state index in [0.29, 0.717) is 18.4 Å². The maximum atomic E-state index is 13.4. The summed E-state index contributed by atoms with van der Waals surface area (Å²) in [6, 6.07) is 4.62. The molecule has 2 nitrogen and oxygen atoms in total. The van der Waals surface area contributed by atoms with Crippen molar-refractivity contribution in [3.63, 3.8) is 0 Å². The van der Waals surface area contributed by atoms with Gasteiger partial charge >= 0.3 is 5.97 Å². The Labute approximate surface area is 100 Å². The highest BCUT2D eigenvalue weighted by molar-refractivity contribution is 5.81. The Kier molecular flexibility index (Phi) is 3.18. The van der Waals surface area contributed by atoms with E-state index in [1.807, 2.05) is 6.07 Å². The Morgan fingerprint density at radius 3 is 2.41 bits per heavy atom. The Bertz CT molecular complexity index is 414. The van der Waals surface area contributed by atoms with Crippen molar-refractivity contribution in [1.29, 1.82) is 0 Å². The summed E-state index contributed by atoms with van der Waals surface area (Å²) in [5, 5.41) is 9.50. The van der Waals surface area contributed by atoms with Crippen LogP contribution in [0.5, 0.6) is 0 Å². The molecule has 1 N–H and O–H groups in total. The van der Waals surface area contributed by atoms with Gasteiger partial charge in [0.15, 0.2) is 0 Å². The van der Waals surface area contributed by atoms with Crippen molar-refractivity contribution in [2.24, 2.45) is 0 Å². The number of hydrogen-bond acceptors (Lipinski definition) is 1. The molecule has 17 heavy (non-hydrogen) atoms. The first kappa shape index (κ1) is 12.1. The van der Waals surface area contributed by atoms with E-state index < -0.39 is 11.4 Å². The molecule has 0 heterocycles. The van der Waals surface area contributed by atoms with Crippen LogP contribution < -0.4 is 0 Å². The molecule has 0 aliphatic heterocycles. The second-order valence-corrected chi connectivity index (χ2v) is 4.97. The Hall–Kier alpha value is -1.38. The van der Waals surface area contributed by atoms with E-state index in [-0.39, 0.29) is 5.82 Å². The van der Waals surface area contributed by atoms with Gasteiger partial charge in [0.1, 0.15) is 5.82 Å². The van der Waals surface area contributed by atoms with Crippen molar-refractivity contribution in [1.82, 2.24) is 0 Å². The van der Waals surface area contributed by atoms with E-state index in [9.17, 15) is 14.3 Å². The molecule has 0 amide bonds. The fourth-order valence-electron chi connectivity index (χ4n) is 2.79. The van der Waals surface area contributed by atoms with Crippen LogP contribution in [0.2, 0.25) is 0 Å². The molecule has 0 spiro atoms. The number of rotatable bonds is 2. The number of benzene rings is 1. The maximum Gasteiger partial charge on any atom is 0.314 e. The average Bonchev–Trinajstić information content (AvgIpc) is 2.28. The van der Waals surface area contributed by atoms with E-state index in [2.05, 4.69) is 0 Å². The Morgan fingerprint density at radius 2 is 1.88 bits per heavy atom. The summed E-state index contributed by atoms with van der Waals surface area (Å²) in [7, 11) is 0. The zero-order chi connectivity index (χ0) is 12.5. The van der Waals surface area contributed by atoms with E-state index in [1.165, 1.54) is 12.1 Å². The summed E-state index contributed by atoms with van der Waals surface area (Å²) in [6.07, 6.45) is 4.11. The molecule has 1 aromatic rings. The van der Waals surface area contributed by atoms with Crippen molar-refractivity contribution in [2.45, 2.75) is 44.4 Å². The largest absolute Gasteiger partial charge is 0.481 e.